The van der Waals surface area contributed by atoms with Crippen molar-refractivity contribution >= 4 is 38.2 Å². The van der Waals surface area contributed by atoms with Gasteiger partial charge in [-0.05, 0) is 31.0 Å². The third kappa shape index (κ3) is 5.50. The van der Waals surface area contributed by atoms with E-state index in [9.17, 15) is 36.4 Å². The van der Waals surface area contributed by atoms with Crippen LogP contribution in [0.3, 0.4) is 0 Å². The summed E-state index contributed by atoms with van der Waals surface area (Å²) < 4.78 is 65.6. The minimum absolute atomic E-state index is 0.109. The van der Waals surface area contributed by atoms with Crippen LogP contribution in [0.4, 0.5) is 18.2 Å². The molecule has 2 unspecified atom stereocenters. The molecule has 176 valence electrons. The van der Waals surface area contributed by atoms with Crippen molar-refractivity contribution in [1.29, 1.82) is 5.26 Å². The van der Waals surface area contributed by atoms with E-state index in [-0.39, 0.29) is 27.1 Å². The number of primary sulfonamides is 1. The predicted octanol–water partition coefficient (Wildman–Crippen LogP) is 2.09. The normalized spacial score (nSPS) is 16.9. The number of nitrogens with two attached hydrogens (primary N) is 1. The summed E-state index contributed by atoms with van der Waals surface area (Å²) in [7, 11) is -4.10. The van der Waals surface area contributed by atoms with Crippen molar-refractivity contribution in [2.75, 3.05) is 5.32 Å². The van der Waals surface area contributed by atoms with Crippen LogP contribution in [-0.2, 0) is 37.3 Å². The smallest absolute Gasteiger partial charge is 0.441 e. The lowest BCUT2D eigenvalue weighted by molar-refractivity contribution is -0.205. The second kappa shape index (κ2) is 9.10. The number of hydrogen-bond acceptors (Lipinski definition) is 8. The monoisotopic (exact) mass is 502 g/mol. The van der Waals surface area contributed by atoms with Crippen LogP contribution in [0.1, 0.15) is 34.6 Å². The first-order chi connectivity index (χ1) is 15.3. The van der Waals surface area contributed by atoms with Gasteiger partial charge in [-0.25, -0.2) is 18.4 Å². The Kier molecular flexibility index (Phi) is 6.80. The Bertz CT molecular complexity index is 1230. The molecular weight excluding hydrogens is 485 g/mol. The maximum atomic E-state index is 12.9. The number of anilines is 1. The lowest BCUT2D eigenvalue weighted by atomic mass is 10.0. The lowest BCUT2D eigenvalue weighted by Crippen LogP contribution is -2.32. The highest BCUT2D eigenvalue weighted by Gasteiger charge is 2.44. The van der Waals surface area contributed by atoms with Crippen LogP contribution in [0.15, 0.2) is 29.2 Å². The zero-order valence-electron chi connectivity index (χ0n) is 16.9. The van der Waals surface area contributed by atoms with Crippen molar-refractivity contribution in [2.24, 2.45) is 5.14 Å². The fraction of sp³-hybridized carbons (Fsp3) is 0.316. The molecule has 0 bridgehead atoms. The lowest BCUT2D eigenvalue weighted by Gasteiger charge is -2.19. The summed E-state index contributed by atoms with van der Waals surface area (Å²) in [5, 5.41) is 20.2. The Hall–Kier alpha value is -2.99. The van der Waals surface area contributed by atoms with Gasteiger partial charge in [-0.15, -0.1) is 11.3 Å². The molecule has 0 radical (unpaired) electrons. The number of amides is 1. The number of nitrogens with one attached hydrogen (secondary N) is 2. The number of nitrogens with zero attached hydrogens (tertiary/aromatic N) is 1. The zero-order chi connectivity index (χ0) is 24.6. The second-order valence-corrected chi connectivity index (χ2v) is 9.86. The highest BCUT2D eigenvalue weighted by Crippen LogP contribution is 2.37. The van der Waals surface area contributed by atoms with E-state index < -0.39 is 34.2 Å². The van der Waals surface area contributed by atoms with Crippen LogP contribution in [0.25, 0.3) is 0 Å². The van der Waals surface area contributed by atoms with Gasteiger partial charge >= 0.3 is 12.1 Å². The molecule has 0 fully saturated rings. The fourth-order valence-corrected chi connectivity index (χ4v) is 4.97. The molecule has 2 aromatic rings. The van der Waals surface area contributed by atoms with E-state index in [4.69, 9.17) is 5.14 Å². The molecule has 1 aromatic carbocycles. The Balaban J connectivity index is 1.95. The van der Waals surface area contributed by atoms with Gasteiger partial charge in [-0.1, -0.05) is 12.1 Å². The highest BCUT2D eigenvalue weighted by atomic mass is 32.2. The molecule has 14 heteroatoms. The number of esters is 1. The van der Waals surface area contributed by atoms with Crippen molar-refractivity contribution in [3.63, 3.8) is 0 Å². The second-order valence-electron chi connectivity index (χ2n) is 7.19. The molecule has 1 aliphatic heterocycles. The van der Waals surface area contributed by atoms with Crippen molar-refractivity contribution in [2.45, 2.75) is 43.1 Å². The first-order valence-corrected chi connectivity index (χ1v) is 11.7. The van der Waals surface area contributed by atoms with Crippen LogP contribution in [0.2, 0.25) is 0 Å². The summed E-state index contributed by atoms with van der Waals surface area (Å²) in [6.45, 7) is 2.32. The number of rotatable bonds is 5. The van der Waals surface area contributed by atoms with E-state index in [1.165, 1.54) is 0 Å². The van der Waals surface area contributed by atoms with Gasteiger partial charge in [0.25, 0.3) is 5.91 Å². The largest absolute Gasteiger partial charge is 0.490 e. The molecule has 9 nitrogen and oxygen atoms in total. The number of hydrogen-bond donors (Lipinski definition) is 3. The third-order valence-corrected chi connectivity index (χ3v) is 6.86. The van der Waals surface area contributed by atoms with Gasteiger partial charge in [0.05, 0.1) is 10.5 Å². The van der Waals surface area contributed by atoms with Crippen molar-refractivity contribution < 1.29 is 35.9 Å². The minimum atomic E-state index is -5.37. The summed E-state index contributed by atoms with van der Waals surface area (Å²) in [5.41, 5.74) is 0.609. The average molecular weight is 502 g/mol. The van der Waals surface area contributed by atoms with Gasteiger partial charge in [0.1, 0.15) is 11.1 Å². The van der Waals surface area contributed by atoms with Crippen LogP contribution in [0, 0.1) is 11.3 Å². The SMILES string of the molecule is CC1Cc2sc(NC(=O)C(OC(=O)C(F)(F)F)c3ccc(S(N)(=O)=O)cc3)c(C#N)c2CN1. The highest BCUT2D eigenvalue weighted by molar-refractivity contribution is 7.89. The Morgan fingerprint density at radius 3 is 2.52 bits per heavy atom. The van der Waals surface area contributed by atoms with E-state index in [1.54, 1.807) is 0 Å². The number of halogens is 3. The number of thiophene rings is 1. The van der Waals surface area contributed by atoms with E-state index >= 15 is 0 Å². The number of nitriles is 1. The Labute approximate surface area is 190 Å². The number of carbonyl (C=O) groups excluding carboxylic acids is 2. The molecule has 2 atom stereocenters. The maximum absolute atomic E-state index is 12.9. The van der Waals surface area contributed by atoms with Crippen LogP contribution in [-0.4, -0.2) is 32.5 Å². The Morgan fingerprint density at radius 2 is 1.97 bits per heavy atom. The van der Waals surface area contributed by atoms with Crippen molar-refractivity contribution in [1.82, 2.24) is 5.32 Å². The minimum Gasteiger partial charge on any atom is -0.441 e. The van der Waals surface area contributed by atoms with E-state index in [0.717, 1.165) is 40.5 Å². The van der Waals surface area contributed by atoms with Gasteiger partial charge in [-0.2, -0.15) is 18.4 Å². The molecule has 0 spiro atoms. The summed E-state index contributed by atoms with van der Waals surface area (Å²) in [6.07, 6.45) is -6.86. The molecule has 1 amide bonds. The zero-order valence-corrected chi connectivity index (χ0v) is 18.5. The summed E-state index contributed by atoms with van der Waals surface area (Å²) in [4.78, 5) is 24.8. The molecule has 33 heavy (non-hydrogen) atoms. The number of carbonyl (C=O) groups is 2. The quantitative estimate of drug-likeness (QED) is 0.530. The molecule has 0 saturated heterocycles. The summed E-state index contributed by atoms with van der Waals surface area (Å²) in [6, 6.07) is 6.04. The molecular formula is C19H17F3N4O5S2. The summed E-state index contributed by atoms with van der Waals surface area (Å²) >= 11 is 1.11. The molecule has 1 aliphatic rings. The first-order valence-electron chi connectivity index (χ1n) is 9.30. The van der Waals surface area contributed by atoms with Gasteiger partial charge in [0.2, 0.25) is 16.1 Å². The fourth-order valence-electron chi connectivity index (χ4n) is 3.15. The molecule has 3 rings (SSSR count). The number of ether oxygens (including phenoxy) is 1. The molecule has 1 aromatic heterocycles. The third-order valence-electron chi connectivity index (χ3n) is 4.76. The van der Waals surface area contributed by atoms with E-state index in [0.29, 0.717) is 18.5 Å². The van der Waals surface area contributed by atoms with Crippen LogP contribution >= 0.6 is 11.3 Å². The van der Waals surface area contributed by atoms with Crippen LogP contribution in [0.5, 0.6) is 0 Å². The number of alkyl halides is 3. The number of fused-ring (bicyclic) bond motifs is 1. The van der Waals surface area contributed by atoms with Gasteiger partial charge in [0.15, 0.2) is 0 Å². The van der Waals surface area contributed by atoms with E-state index in [2.05, 4.69) is 15.4 Å². The Morgan fingerprint density at radius 1 is 1.33 bits per heavy atom. The first kappa shape index (κ1) is 24.6. The molecule has 0 aliphatic carbocycles. The van der Waals surface area contributed by atoms with Gasteiger partial charge in [-0.3, -0.25) is 4.79 Å². The molecule has 2 heterocycles. The number of sulfonamides is 1. The topological polar surface area (TPSA) is 151 Å². The van der Waals surface area contributed by atoms with Gasteiger partial charge in [0, 0.05) is 23.0 Å². The average Bonchev–Trinajstić information content (AvgIpc) is 3.06. The molecule has 4 N–H and O–H groups in total. The van der Waals surface area contributed by atoms with E-state index in [1.807, 2.05) is 13.0 Å². The molecule has 0 saturated carbocycles. The summed E-state index contributed by atoms with van der Waals surface area (Å²) in [5.74, 6) is -3.76. The number of benzene rings is 1. The predicted molar refractivity (Wildman–Crippen MR) is 110 cm³/mol. The standard InChI is InChI=1S/C19H17F3N4O5S2/c1-9-6-14-13(8-25-9)12(7-23)17(32-14)26-16(27)15(31-18(28)19(20,21)22)10-2-4-11(5-3-10)33(24,29)30/h2-5,9,15,25H,6,8H2,1H3,(H,26,27)(H2,24,29,30). The van der Waals surface area contributed by atoms with Crippen molar-refractivity contribution in [3.05, 3.63) is 45.8 Å². The van der Waals surface area contributed by atoms with Crippen molar-refractivity contribution in [3.8, 4) is 6.07 Å². The van der Waals surface area contributed by atoms with Gasteiger partial charge < -0.3 is 15.4 Å². The van der Waals surface area contributed by atoms with Crippen LogP contribution < -0.4 is 15.8 Å². The maximum Gasteiger partial charge on any atom is 0.490 e.